The molecule has 0 atom stereocenters. The number of benzene rings is 4. The van der Waals surface area contributed by atoms with Crippen LogP contribution in [0.3, 0.4) is 0 Å². The summed E-state index contributed by atoms with van der Waals surface area (Å²) in [6, 6.07) is 24.7. The Labute approximate surface area is 204 Å². The number of carboxylic acids is 1. The third-order valence-corrected chi connectivity index (χ3v) is 6.32. The Balaban J connectivity index is 1.33. The molecule has 2 amide bonds. The predicted octanol–water partition coefficient (Wildman–Crippen LogP) is 6.17. The van der Waals surface area contributed by atoms with Crippen molar-refractivity contribution in [2.45, 2.75) is 4.90 Å². The van der Waals surface area contributed by atoms with E-state index in [0.717, 1.165) is 15.7 Å². The lowest BCUT2D eigenvalue weighted by atomic mass is 10.1. The standard InChI is InChI=1S/C26H19ClN2O4S/c27-22-12-7-19(26(32)33)14-23(22)29-24(30)15-34-21-10-8-20(9-11-21)28-25(31)18-6-5-16-3-1-2-4-17(16)13-18/h1-14H,15H2,(H,28,31)(H,29,30)(H,32,33). The van der Waals surface area contributed by atoms with Crippen molar-refractivity contribution in [1.82, 2.24) is 0 Å². The zero-order valence-electron chi connectivity index (χ0n) is 17.7. The molecule has 0 spiro atoms. The van der Waals surface area contributed by atoms with Crippen LogP contribution in [0, 0.1) is 0 Å². The van der Waals surface area contributed by atoms with Gasteiger partial charge in [0.05, 0.1) is 22.0 Å². The monoisotopic (exact) mass is 490 g/mol. The maximum Gasteiger partial charge on any atom is 0.335 e. The van der Waals surface area contributed by atoms with Gasteiger partial charge in [0.2, 0.25) is 5.91 Å². The average Bonchev–Trinajstić information content (AvgIpc) is 2.84. The van der Waals surface area contributed by atoms with E-state index in [1.54, 1.807) is 18.2 Å². The van der Waals surface area contributed by atoms with E-state index >= 15 is 0 Å². The molecular weight excluding hydrogens is 472 g/mol. The van der Waals surface area contributed by atoms with E-state index in [1.807, 2.05) is 48.5 Å². The number of aromatic carboxylic acids is 1. The summed E-state index contributed by atoms with van der Waals surface area (Å²) in [5.41, 5.74) is 1.50. The third kappa shape index (κ3) is 5.75. The Hall–Kier alpha value is -3.81. The predicted molar refractivity (Wildman–Crippen MR) is 136 cm³/mol. The minimum atomic E-state index is -1.10. The van der Waals surface area contributed by atoms with Crippen molar-refractivity contribution >= 4 is 63.3 Å². The van der Waals surface area contributed by atoms with Crippen molar-refractivity contribution in [2.75, 3.05) is 16.4 Å². The average molecular weight is 491 g/mol. The molecule has 0 saturated heterocycles. The van der Waals surface area contributed by atoms with Gasteiger partial charge in [0.15, 0.2) is 0 Å². The number of halogens is 1. The smallest absolute Gasteiger partial charge is 0.335 e. The second-order valence-electron chi connectivity index (χ2n) is 7.38. The Morgan fingerprint density at radius 1 is 0.794 bits per heavy atom. The molecule has 0 aliphatic rings. The number of carboxylic acid groups (broad SMARTS) is 1. The van der Waals surface area contributed by atoms with Gasteiger partial charge in [-0.2, -0.15) is 0 Å². The van der Waals surface area contributed by atoms with Crippen molar-refractivity contribution in [3.8, 4) is 0 Å². The molecule has 4 rings (SSSR count). The molecule has 170 valence electrons. The van der Waals surface area contributed by atoms with Crippen LogP contribution in [-0.4, -0.2) is 28.6 Å². The molecule has 4 aromatic carbocycles. The number of carbonyl (C=O) groups is 3. The molecule has 0 aliphatic heterocycles. The van der Waals surface area contributed by atoms with Crippen molar-refractivity contribution in [1.29, 1.82) is 0 Å². The molecule has 6 nitrogen and oxygen atoms in total. The lowest BCUT2D eigenvalue weighted by Gasteiger charge is -2.09. The summed E-state index contributed by atoms with van der Waals surface area (Å²) < 4.78 is 0. The molecule has 34 heavy (non-hydrogen) atoms. The normalized spacial score (nSPS) is 10.6. The Morgan fingerprint density at radius 2 is 1.50 bits per heavy atom. The second-order valence-corrected chi connectivity index (χ2v) is 8.83. The highest BCUT2D eigenvalue weighted by Crippen LogP contribution is 2.25. The van der Waals surface area contributed by atoms with Gasteiger partial charge >= 0.3 is 5.97 Å². The summed E-state index contributed by atoms with van der Waals surface area (Å²) in [5.74, 6) is -1.51. The van der Waals surface area contributed by atoms with Crippen molar-refractivity contribution < 1.29 is 19.5 Å². The summed E-state index contributed by atoms with van der Waals surface area (Å²) >= 11 is 7.35. The third-order valence-electron chi connectivity index (χ3n) is 4.98. The highest BCUT2D eigenvalue weighted by molar-refractivity contribution is 8.00. The Kier molecular flexibility index (Phi) is 7.15. The molecule has 3 N–H and O–H groups in total. The van der Waals surface area contributed by atoms with E-state index in [0.29, 0.717) is 11.3 Å². The van der Waals surface area contributed by atoms with E-state index < -0.39 is 5.97 Å². The SMILES string of the molecule is O=C(CSc1ccc(NC(=O)c2ccc3ccccc3c2)cc1)Nc1cc(C(=O)O)ccc1Cl. The van der Waals surface area contributed by atoms with Crippen LogP contribution in [0.2, 0.25) is 5.02 Å². The number of anilines is 2. The number of rotatable bonds is 7. The molecule has 0 aliphatic carbocycles. The van der Waals surface area contributed by atoms with Gasteiger partial charge < -0.3 is 15.7 Å². The van der Waals surface area contributed by atoms with Crippen LogP contribution in [0.4, 0.5) is 11.4 Å². The van der Waals surface area contributed by atoms with Gasteiger partial charge in [0.1, 0.15) is 0 Å². The van der Waals surface area contributed by atoms with E-state index in [4.69, 9.17) is 16.7 Å². The number of hydrogen-bond acceptors (Lipinski definition) is 4. The van der Waals surface area contributed by atoms with Crippen LogP contribution in [0.25, 0.3) is 10.8 Å². The van der Waals surface area contributed by atoms with Gasteiger partial charge in [-0.3, -0.25) is 9.59 Å². The van der Waals surface area contributed by atoms with Gasteiger partial charge in [-0.25, -0.2) is 4.79 Å². The number of hydrogen-bond donors (Lipinski definition) is 3. The van der Waals surface area contributed by atoms with Crippen LogP contribution < -0.4 is 10.6 Å². The van der Waals surface area contributed by atoms with E-state index in [-0.39, 0.29) is 33.8 Å². The minimum absolute atomic E-state index is 0.0358. The fraction of sp³-hybridized carbons (Fsp3) is 0.0385. The summed E-state index contributed by atoms with van der Waals surface area (Å²) in [7, 11) is 0. The van der Waals surface area contributed by atoms with Crippen LogP contribution >= 0.6 is 23.4 Å². The molecule has 0 saturated carbocycles. The molecule has 8 heteroatoms. The topological polar surface area (TPSA) is 95.5 Å². The fourth-order valence-electron chi connectivity index (χ4n) is 3.26. The van der Waals surface area contributed by atoms with Crippen molar-refractivity contribution in [3.63, 3.8) is 0 Å². The zero-order valence-corrected chi connectivity index (χ0v) is 19.3. The maximum absolute atomic E-state index is 12.6. The van der Waals surface area contributed by atoms with Crippen LogP contribution in [0.5, 0.6) is 0 Å². The Morgan fingerprint density at radius 3 is 2.24 bits per heavy atom. The number of amides is 2. The lowest BCUT2D eigenvalue weighted by Crippen LogP contribution is -2.15. The molecule has 0 fully saturated rings. The first-order chi connectivity index (χ1) is 16.4. The number of fused-ring (bicyclic) bond motifs is 1. The molecule has 0 unspecified atom stereocenters. The largest absolute Gasteiger partial charge is 0.478 e. The van der Waals surface area contributed by atoms with Gasteiger partial charge in [0.25, 0.3) is 5.91 Å². The number of carbonyl (C=O) groups excluding carboxylic acids is 2. The van der Waals surface area contributed by atoms with Crippen LogP contribution in [0.1, 0.15) is 20.7 Å². The zero-order chi connectivity index (χ0) is 24.1. The lowest BCUT2D eigenvalue weighted by molar-refractivity contribution is -0.113. The van der Waals surface area contributed by atoms with E-state index in [1.165, 1.54) is 30.0 Å². The molecule has 0 heterocycles. The molecule has 4 aromatic rings. The van der Waals surface area contributed by atoms with Crippen LogP contribution in [-0.2, 0) is 4.79 Å². The number of nitrogens with one attached hydrogen (secondary N) is 2. The summed E-state index contributed by atoms with van der Waals surface area (Å²) in [5, 5.41) is 16.9. The van der Waals surface area contributed by atoms with E-state index in [2.05, 4.69) is 10.6 Å². The fourth-order valence-corrected chi connectivity index (χ4v) is 4.12. The summed E-state index contributed by atoms with van der Waals surface area (Å²) in [6.07, 6.45) is 0. The maximum atomic E-state index is 12.6. The highest BCUT2D eigenvalue weighted by Gasteiger charge is 2.11. The summed E-state index contributed by atoms with van der Waals surface area (Å²) in [6.45, 7) is 0. The molecule has 0 bridgehead atoms. The van der Waals surface area contributed by atoms with Gasteiger partial charge in [-0.05, 0) is 65.4 Å². The number of thioether (sulfide) groups is 1. The minimum Gasteiger partial charge on any atom is -0.478 e. The first kappa shape index (κ1) is 23.4. The van der Waals surface area contributed by atoms with E-state index in [9.17, 15) is 14.4 Å². The summed E-state index contributed by atoms with van der Waals surface area (Å²) in [4.78, 5) is 36.8. The quantitative estimate of drug-likeness (QED) is 0.269. The van der Waals surface area contributed by atoms with Gasteiger partial charge in [-0.15, -0.1) is 11.8 Å². The van der Waals surface area contributed by atoms with Crippen LogP contribution in [0.15, 0.2) is 89.8 Å². The second kappa shape index (κ2) is 10.4. The first-order valence-corrected chi connectivity index (χ1v) is 11.6. The van der Waals surface area contributed by atoms with Crippen molar-refractivity contribution in [3.05, 3.63) is 101 Å². The first-order valence-electron chi connectivity index (χ1n) is 10.2. The highest BCUT2D eigenvalue weighted by atomic mass is 35.5. The van der Waals surface area contributed by atoms with Gasteiger partial charge in [-0.1, -0.05) is 41.9 Å². The Bertz CT molecular complexity index is 1390. The molecule has 0 aromatic heterocycles. The molecule has 0 radical (unpaired) electrons. The van der Waals surface area contributed by atoms with Crippen molar-refractivity contribution in [2.24, 2.45) is 0 Å². The molecular formula is C26H19ClN2O4S. The van der Waals surface area contributed by atoms with Gasteiger partial charge in [0, 0.05) is 16.1 Å².